The van der Waals surface area contributed by atoms with Crippen molar-refractivity contribution >= 4 is 18.0 Å². The molecule has 0 aliphatic carbocycles. The summed E-state index contributed by atoms with van der Waals surface area (Å²) in [6.07, 6.45) is 0.688. The first-order valence-corrected chi connectivity index (χ1v) is 11.1. The molecule has 35 heavy (non-hydrogen) atoms. The van der Waals surface area contributed by atoms with Crippen LogP contribution in [0.4, 0.5) is 22.4 Å². The van der Waals surface area contributed by atoms with E-state index in [-0.39, 0.29) is 29.3 Å². The third kappa shape index (κ3) is 6.49. The van der Waals surface area contributed by atoms with Crippen molar-refractivity contribution in [2.24, 2.45) is 11.8 Å². The minimum absolute atomic E-state index is 0.151. The summed E-state index contributed by atoms with van der Waals surface area (Å²) in [7, 11) is 0. The van der Waals surface area contributed by atoms with E-state index in [2.05, 4.69) is 25.5 Å². The highest BCUT2D eigenvalue weighted by Gasteiger charge is 2.37. The topological polar surface area (TPSA) is 103 Å². The van der Waals surface area contributed by atoms with Gasteiger partial charge >= 0.3 is 12.4 Å². The van der Waals surface area contributed by atoms with E-state index in [4.69, 9.17) is 0 Å². The monoisotopic (exact) mass is 496 g/mol. The number of nitrogens with zero attached hydrogens (tertiary/aromatic N) is 4. The number of aromatic nitrogens is 3. The van der Waals surface area contributed by atoms with Crippen LogP contribution >= 0.6 is 0 Å². The number of likely N-dealkylation sites (tertiary alicyclic amines) is 2. The molecular weight excluding hydrogens is 472 g/mol. The van der Waals surface area contributed by atoms with Crippen LogP contribution in [-0.4, -0.2) is 69.7 Å². The molecule has 0 bridgehead atoms. The zero-order valence-electron chi connectivity index (χ0n) is 18.6. The number of hydrogen-bond acceptors (Lipinski definition) is 5. The number of nitrogens with one attached hydrogen (secondary N) is 2. The Kier molecular flexibility index (Phi) is 7.22. The molecule has 3 heterocycles. The molecule has 2 aliphatic heterocycles. The van der Waals surface area contributed by atoms with Gasteiger partial charge in [-0.25, -0.2) is 9.18 Å². The van der Waals surface area contributed by atoms with Crippen LogP contribution in [0.25, 0.3) is 6.08 Å². The van der Waals surface area contributed by atoms with Gasteiger partial charge in [-0.3, -0.25) is 9.89 Å². The van der Waals surface area contributed by atoms with Crippen LogP contribution in [0, 0.1) is 17.7 Å². The lowest BCUT2D eigenvalue weighted by Crippen LogP contribution is -2.39. The predicted octanol–water partition coefficient (Wildman–Crippen LogP) is 2.94. The van der Waals surface area contributed by atoms with E-state index in [1.54, 1.807) is 16.0 Å². The molecule has 3 amide bonds. The highest BCUT2D eigenvalue weighted by Crippen LogP contribution is 2.32. The van der Waals surface area contributed by atoms with Crippen molar-refractivity contribution in [1.29, 1.82) is 0 Å². The Morgan fingerprint density at radius 3 is 2.49 bits per heavy atom. The number of rotatable bonds is 5. The van der Waals surface area contributed by atoms with Crippen molar-refractivity contribution in [3.05, 3.63) is 47.5 Å². The molecule has 0 saturated carbocycles. The number of hydrogen-bond donors (Lipinski definition) is 2. The summed E-state index contributed by atoms with van der Waals surface area (Å²) in [5, 5.41) is 12.8. The van der Waals surface area contributed by atoms with Crippen molar-refractivity contribution < 1.29 is 31.9 Å². The van der Waals surface area contributed by atoms with Gasteiger partial charge in [-0.05, 0) is 48.4 Å². The van der Waals surface area contributed by atoms with Crippen LogP contribution in [-0.2, 0) is 11.3 Å². The molecular formula is C22H24F4N6O3. The van der Waals surface area contributed by atoms with Gasteiger partial charge in [0.1, 0.15) is 0 Å². The van der Waals surface area contributed by atoms with Crippen molar-refractivity contribution in [3.63, 3.8) is 0 Å². The lowest BCUT2D eigenvalue weighted by Gasteiger charge is -2.21. The van der Waals surface area contributed by atoms with Crippen LogP contribution < -0.4 is 10.1 Å². The minimum atomic E-state index is -4.99. The summed E-state index contributed by atoms with van der Waals surface area (Å²) in [5.41, 5.74) is 0.951. The molecule has 2 aromatic rings. The number of ether oxygens (including phenoxy) is 1. The van der Waals surface area contributed by atoms with Gasteiger partial charge in [-0.15, -0.1) is 18.3 Å². The van der Waals surface area contributed by atoms with Crippen LogP contribution in [0.5, 0.6) is 5.75 Å². The molecule has 2 atom stereocenters. The standard InChI is InChI=1S/C22H24F4N6O3/c23-18-9-14(1-3-19(18)35-22(24,25)26)2-4-20(33)31-7-5-15-12-32(13-16(15)6-8-31)21(34)27-10-17-11-28-30-29-17/h1-4,9,11,15-16H,5-8,10,12-13H2,(H,27,34)(H,28,29,30)/b4-2+/t15-,16+. The number of benzene rings is 1. The molecule has 4 rings (SSSR count). The lowest BCUT2D eigenvalue weighted by molar-refractivity contribution is -0.275. The SMILES string of the molecule is O=C(/C=C/c1ccc(OC(F)(F)F)c(F)c1)N1CC[C@@H]2CN(C(=O)NCc3cnn[nH]3)C[C@@H]2CC1. The first-order valence-electron chi connectivity index (χ1n) is 11.1. The molecule has 188 valence electrons. The largest absolute Gasteiger partial charge is 0.573 e. The Bertz CT molecular complexity index is 1060. The van der Waals surface area contributed by atoms with E-state index >= 15 is 0 Å². The van der Waals surface area contributed by atoms with Crippen LogP contribution in [0.2, 0.25) is 0 Å². The van der Waals surface area contributed by atoms with E-state index in [0.29, 0.717) is 38.4 Å². The van der Waals surface area contributed by atoms with E-state index < -0.39 is 17.9 Å². The smallest absolute Gasteiger partial charge is 0.403 e. The fraction of sp³-hybridized carbons (Fsp3) is 0.455. The number of amides is 3. The number of fused-ring (bicyclic) bond motifs is 1. The average Bonchev–Trinajstić information content (AvgIpc) is 3.43. The van der Waals surface area contributed by atoms with E-state index in [9.17, 15) is 27.2 Å². The van der Waals surface area contributed by atoms with E-state index in [1.807, 2.05) is 0 Å². The molecule has 0 radical (unpaired) electrons. The molecule has 2 aliphatic rings. The molecule has 1 aromatic heterocycles. The molecule has 13 heteroatoms. The number of alkyl halides is 3. The Labute approximate surface area is 198 Å². The molecule has 0 spiro atoms. The third-order valence-electron chi connectivity index (χ3n) is 6.21. The summed E-state index contributed by atoms with van der Waals surface area (Å²) >= 11 is 0. The minimum Gasteiger partial charge on any atom is -0.403 e. The van der Waals surface area contributed by atoms with Gasteiger partial charge in [0.25, 0.3) is 0 Å². The van der Waals surface area contributed by atoms with Crippen molar-refractivity contribution in [3.8, 4) is 5.75 Å². The maximum absolute atomic E-state index is 13.9. The van der Waals surface area contributed by atoms with Crippen LogP contribution in [0.3, 0.4) is 0 Å². The van der Waals surface area contributed by atoms with Crippen LogP contribution in [0.1, 0.15) is 24.1 Å². The maximum Gasteiger partial charge on any atom is 0.573 e. The second-order valence-corrected chi connectivity index (χ2v) is 8.54. The zero-order valence-corrected chi connectivity index (χ0v) is 18.6. The Balaban J connectivity index is 1.26. The summed E-state index contributed by atoms with van der Waals surface area (Å²) in [6.45, 7) is 2.58. The summed E-state index contributed by atoms with van der Waals surface area (Å²) in [4.78, 5) is 28.6. The number of aromatic amines is 1. The summed E-state index contributed by atoms with van der Waals surface area (Å²) < 4.78 is 54.3. The molecule has 9 nitrogen and oxygen atoms in total. The Morgan fingerprint density at radius 2 is 1.89 bits per heavy atom. The van der Waals surface area contributed by atoms with Gasteiger partial charge in [-0.2, -0.15) is 0 Å². The van der Waals surface area contributed by atoms with Gasteiger partial charge < -0.3 is 19.9 Å². The predicted molar refractivity (Wildman–Crippen MR) is 115 cm³/mol. The highest BCUT2D eigenvalue weighted by atomic mass is 19.4. The lowest BCUT2D eigenvalue weighted by atomic mass is 9.92. The van der Waals surface area contributed by atoms with Gasteiger partial charge in [0.05, 0.1) is 18.4 Å². The summed E-state index contributed by atoms with van der Waals surface area (Å²) in [5.74, 6) is -1.79. The molecule has 2 saturated heterocycles. The van der Waals surface area contributed by atoms with Gasteiger partial charge in [0.15, 0.2) is 11.6 Å². The Morgan fingerprint density at radius 1 is 1.17 bits per heavy atom. The van der Waals surface area contributed by atoms with Gasteiger partial charge in [0.2, 0.25) is 5.91 Å². The molecule has 0 unspecified atom stereocenters. The third-order valence-corrected chi connectivity index (χ3v) is 6.21. The van der Waals surface area contributed by atoms with E-state index in [0.717, 1.165) is 25.0 Å². The molecule has 1 aromatic carbocycles. The van der Waals surface area contributed by atoms with Gasteiger partial charge in [-0.1, -0.05) is 11.3 Å². The van der Waals surface area contributed by atoms with Gasteiger partial charge in [0, 0.05) is 32.3 Å². The molecule has 2 fully saturated rings. The van der Waals surface area contributed by atoms with Crippen molar-refractivity contribution in [2.45, 2.75) is 25.7 Å². The number of urea groups is 1. The first kappa shape index (κ1) is 24.5. The number of carbonyl (C=O) groups excluding carboxylic acids is 2. The normalized spacial score (nSPS) is 20.6. The first-order chi connectivity index (χ1) is 16.7. The quantitative estimate of drug-likeness (QED) is 0.490. The fourth-order valence-electron chi connectivity index (χ4n) is 4.42. The second-order valence-electron chi connectivity index (χ2n) is 8.54. The highest BCUT2D eigenvalue weighted by molar-refractivity contribution is 5.91. The van der Waals surface area contributed by atoms with Crippen molar-refractivity contribution in [2.75, 3.05) is 26.2 Å². The fourth-order valence-corrected chi connectivity index (χ4v) is 4.42. The average molecular weight is 496 g/mol. The van der Waals surface area contributed by atoms with Crippen LogP contribution in [0.15, 0.2) is 30.5 Å². The summed E-state index contributed by atoms with van der Waals surface area (Å²) in [6, 6.07) is 2.83. The number of H-pyrrole nitrogens is 1. The second kappa shape index (κ2) is 10.3. The van der Waals surface area contributed by atoms with E-state index in [1.165, 1.54) is 18.2 Å². The molecule has 2 N–H and O–H groups in total. The maximum atomic E-state index is 13.9. The number of halogens is 4. The van der Waals surface area contributed by atoms with Crippen molar-refractivity contribution in [1.82, 2.24) is 30.5 Å². The Hall–Kier alpha value is -3.64. The zero-order chi connectivity index (χ0) is 25.0. The number of carbonyl (C=O) groups is 2.